The van der Waals surface area contributed by atoms with Crippen molar-refractivity contribution in [3.8, 4) is 0 Å². The third-order valence-corrected chi connectivity index (χ3v) is 8.01. The van der Waals surface area contributed by atoms with Crippen LogP contribution in [0.5, 0.6) is 0 Å². The summed E-state index contributed by atoms with van der Waals surface area (Å²) in [5, 5.41) is 13.1. The first-order valence-electron chi connectivity index (χ1n) is 9.52. The number of halogens is 1. The lowest BCUT2D eigenvalue weighted by Gasteiger charge is -2.19. The quantitative estimate of drug-likeness (QED) is 0.634. The van der Waals surface area contributed by atoms with Crippen LogP contribution in [0.25, 0.3) is 0 Å². The summed E-state index contributed by atoms with van der Waals surface area (Å²) in [6, 6.07) is 1.69. The molecule has 158 valence electrons. The predicted octanol–water partition coefficient (Wildman–Crippen LogP) is 3.68. The number of carbonyl (C=O) groups excluding carboxylic acids is 1. The maximum absolute atomic E-state index is 13.7. The van der Waals surface area contributed by atoms with Gasteiger partial charge in [-0.3, -0.25) is 0 Å². The second kappa shape index (κ2) is 8.37. The lowest BCUT2D eigenvalue weighted by Crippen LogP contribution is -2.34. The molecule has 0 aliphatic heterocycles. The van der Waals surface area contributed by atoms with Gasteiger partial charge in [-0.1, -0.05) is 26.7 Å². The lowest BCUT2D eigenvalue weighted by atomic mass is 10.0. The second-order valence-electron chi connectivity index (χ2n) is 7.09. The summed E-state index contributed by atoms with van der Waals surface area (Å²) in [6.45, 7) is 3.64. The van der Waals surface area contributed by atoms with Crippen LogP contribution >= 0.6 is 11.3 Å². The van der Waals surface area contributed by atoms with E-state index in [2.05, 4.69) is 10.3 Å². The molecule has 7 nitrogen and oxygen atoms in total. The molecule has 1 saturated carbocycles. The number of urea groups is 1. The Morgan fingerprint density at radius 3 is 2.38 bits per heavy atom. The van der Waals surface area contributed by atoms with Gasteiger partial charge in [0.2, 0.25) is 4.34 Å². The van der Waals surface area contributed by atoms with Crippen LogP contribution in [-0.4, -0.2) is 24.5 Å². The summed E-state index contributed by atoms with van der Waals surface area (Å²) < 4.78 is 40.5. The molecular weight excluding hydrogens is 417 g/mol. The van der Waals surface area contributed by atoms with Gasteiger partial charge in [0.05, 0.1) is 4.88 Å². The Balaban J connectivity index is 1.78. The number of nitrogens with zero attached hydrogens (tertiary/aromatic N) is 1. The third kappa shape index (κ3) is 4.59. The van der Waals surface area contributed by atoms with E-state index in [0.717, 1.165) is 24.2 Å². The van der Waals surface area contributed by atoms with Crippen molar-refractivity contribution >= 4 is 33.1 Å². The van der Waals surface area contributed by atoms with Crippen LogP contribution in [0, 0.1) is 5.82 Å². The van der Waals surface area contributed by atoms with Crippen LogP contribution in [0.4, 0.5) is 14.9 Å². The highest BCUT2D eigenvalue weighted by molar-refractivity contribution is 7.92. The van der Waals surface area contributed by atoms with E-state index >= 15 is 0 Å². The Kier molecular flexibility index (Phi) is 6.25. The monoisotopic (exact) mass is 441 g/mol. The molecule has 0 radical (unpaired) electrons. The van der Waals surface area contributed by atoms with E-state index in [1.54, 1.807) is 0 Å². The highest BCUT2D eigenvalue weighted by atomic mass is 32.2. The molecular formula is C19H24FN3O4S2. The molecule has 1 aliphatic rings. The maximum Gasteiger partial charge on any atom is 0.333 e. The number of sulfonamides is 1. The highest BCUT2D eigenvalue weighted by Gasteiger charge is 2.36. The zero-order chi connectivity index (χ0) is 21.2. The molecule has 1 aromatic carbocycles. The van der Waals surface area contributed by atoms with Crippen molar-refractivity contribution in [2.24, 2.45) is 0 Å². The number of thiazole rings is 1. The zero-order valence-electron chi connectivity index (χ0n) is 16.3. The van der Waals surface area contributed by atoms with Gasteiger partial charge in [0.1, 0.15) is 11.4 Å². The van der Waals surface area contributed by atoms with Crippen molar-refractivity contribution in [3.05, 3.63) is 40.2 Å². The molecule has 0 saturated heterocycles. The van der Waals surface area contributed by atoms with Crippen molar-refractivity contribution in [2.45, 2.75) is 62.3 Å². The first kappa shape index (κ1) is 21.7. The fraction of sp³-hybridized carbons (Fsp3) is 0.474. The summed E-state index contributed by atoms with van der Waals surface area (Å²) in [6.07, 6.45) is 5.16. The molecule has 10 heteroatoms. The number of hydrogen-bond acceptors (Lipinski definition) is 6. The number of nitrogens with one attached hydrogen (secondary N) is 2. The molecule has 0 unspecified atom stereocenters. The molecule has 1 aromatic heterocycles. The topological polar surface area (TPSA) is 108 Å². The molecule has 1 fully saturated rings. The van der Waals surface area contributed by atoms with Crippen LogP contribution in [0.1, 0.15) is 55.5 Å². The van der Waals surface area contributed by atoms with Crippen molar-refractivity contribution in [2.75, 3.05) is 5.32 Å². The molecule has 2 aromatic rings. The van der Waals surface area contributed by atoms with E-state index in [9.17, 15) is 22.7 Å². The Bertz CT molecular complexity index is 989. The summed E-state index contributed by atoms with van der Waals surface area (Å²) in [5.41, 5.74) is 0.515. The number of benzene rings is 1. The largest absolute Gasteiger partial charge is 0.384 e. The molecule has 29 heavy (non-hydrogen) atoms. The second-order valence-corrected chi connectivity index (χ2v) is 9.98. The SMILES string of the molecule is CCc1cc(F)cc(CC)c1NC(=O)NS(=O)(=O)c1ncc(C2(O)CCCC2)s1. The van der Waals surface area contributed by atoms with Gasteiger partial charge in [0.15, 0.2) is 0 Å². The lowest BCUT2D eigenvalue weighted by molar-refractivity contribution is 0.0481. The molecule has 1 heterocycles. The Morgan fingerprint density at radius 1 is 1.24 bits per heavy atom. The van der Waals surface area contributed by atoms with Gasteiger partial charge in [-0.15, -0.1) is 11.3 Å². The number of aryl methyl sites for hydroxylation is 2. The molecule has 0 bridgehead atoms. The zero-order valence-corrected chi connectivity index (χ0v) is 17.9. The van der Waals surface area contributed by atoms with Gasteiger partial charge >= 0.3 is 6.03 Å². The maximum atomic E-state index is 13.7. The minimum atomic E-state index is -4.20. The highest BCUT2D eigenvalue weighted by Crippen LogP contribution is 2.41. The number of aromatic nitrogens is 1. The van der Waals surface area contributed by atoms with E-state index in [1.165, 1.54) is 18.3 Å². The Labute approximate surface area is 173 Å². The summed E-state index contributed by atoms with van der Waals surface area (Å²) >= 11 is 0.860. The summed E-state index contributed by atoms with van der Waals surface area (Å²) in [5.74, 6) is -0.405. The van der Waals surface area contributed by atoms with Crippen LogP contribution in [0.15, 0.2) is 22.7 Å². The number of hydrogen-bond donors (Lipinski definition) is 3. The number of aliphatic hydroxyl groups is 1. The van der Waals surface area contributed by atoms with E-state index in [0.29, 0.717) is 47.4 Å². The van der Waals surface area contributed by atoms with Crippen LogP contribution < -0.4 is 10.0 Å². The average molecular weight is 442 g/mol. The minimum absolute atomic E-state index is 0.284. The Morgan fingerprint density at radius 2 is 1.83 bits per heavy atom. The van der Waals surface area contributed by atoms with Gasteiger partial charge in [0.25, 0.3) is 10.0 Å². The normalized spacial score (nSPS) is 16.0. The van der Waals surface area contributed by atoms with Crippen molar-refractivity contribution in [1.82, 2.24) is 9.71 Å². The van der Waals surface area contributed by atoms with Crippen LogP contribution in [0.3, 0.4) is 0 Å². The molecule has 1 aliphatic carbocycles. The number of amides is 2. The molecule has 0 spiro atoms. The summed E-state index contributed by atoms with van der Waals surface area (Å²) in [4.78, 5) is 16.8. The Hall–Kier alpha value is -2.04. The van der Waals surface area contributed by atoms with Crippen LogP contribution in [-0.2, 0) is 28.5 Å². The van der Waals surface area contributed by atoms with E-state index < -0.39 is 27.5 Å². The predicted molar refractivity (Wildman–Crippen MR) is 109 cm³/mol. The van der Waals surface area contributed by atoms with Gasteiger partial charge in [-0.25, -0.2) is 18.9 Å². The molecule has 3 rings (SSSR count). The fourth-order valence-corrected chi connectivity index (χ4v) is 5.75. The van der Waals surface area contributed by atoms with Crippen LogP contribution in [0.2, 0.25) is 0 Å². The van der Waals surface area contributed by atoms with Crippen molar-refractivity contribution in [3.63, 3.8) is 0 Å². The third-order valence-electron chi connectivity index (χ3n) is 5.10. The molecule has 2 amide bonds. The first-order valence-corrected chi connectivity index (χ1v) is 11.8. The van der Waals surface area contributed by atoms with Crippen molar-refractivity contribution in [1.29, 1.82) is 0 Å². The van der Waals surface area contributed by atoms with Gasteiger partial charge in [0, 0.05) is 11.9 Å². The number of anilines is 1. The van der Waals surface area contributed by atoms with Crippen molar-refractivity contribution < 1.29 is 22.7 Å². The number of carbonyl (C=O) groups is 1. The van der Waals surface area contributed by atoms with E-state index in [-0.39, 0.29) is 4.34 Å². The van der Waals surface area contributed by atoms with Gasteiger partial charge in [-0.05, 0) is 48.9 Å². The standard InChI is InChI=1S/C19H24FN3O4S2/c1-3-12-9-14(20)10-13(4-2)16(12)22-17(24)23-29(26,27)18-21-11-15(28-18)19(25)7-5-6-8-19/h9-11,25H,3-8H2,1-2H3,(H2,22,23,24). The number of rotatable bonds is 6. The van der Waals surface area contributed by atoms with E-state index in [4.69, 9.17) is 0 Å². The van der Waals surface area contributed by atoms with Gasteiger partial charge in [-0.2, -0.15) is 8.42 Å². The molecule has 0 atom stereocenters. The van der Waals surface area contributed by atoms with E-state index in [1.807, 2.05) is 18.6 Å². The van der Waals surface area contributed by atoms with Gasteiger partial charge < -0.3 is 10.4 Å². The smallest absolute Gasteiger partial charge is 0.333 e. The molecule has 3 N–H and O–H groups in total. The summed E-state index contributed by atoms with van der Waals surface area (Å²) in [7, 11) is -4.20. The first-order chi connectivity index (χ1) is 13.7. The average Bonchev–Trinajstić information content (AvgIpc) is 3.32. The minimum Gasteiger partial charge on any atom is -0.384 e. The fourth-order valence-electron chi connectivity index (χ4n) is 3.55.